The molecule has 3 rings (SSSR count). The van der Waals surface area contributed by atoms with E-state index in [9.17, 15) is 9.59 Å². The zero-order valence-corrected chi connectivity index (χ0v) is 14.0. The fraction of sp³-hybridized carbons (Fsp3) is 0.688. The molecule has 23 heavy (non-hydrogen) atoms. The maximum Gasteiger partial charge on any atom is 0.325 e. The number of carboxylic acid groups (broad SMARTS) is 1. The van der Waals surface area contributed by atoms with Crippen molar-refractivity contribution in [3.8, 4) is 0 Å². The van der Waals surface area contributed by atoms with Crippen LogP contribution < -0.4 is 0 Å². The van der Waals surface area contributed by atoms with E-state index in [1.54, 1.807) is 22.6 Å². The van der Waals surface area contributed by atoms with Gasteiger partial charge in [-0.05, 0) is 43.4 Å². The number of hydrogen-bond donors (Lipinski definition) is 1. The van der Waals surface area contributed by atoms with Crippen molar-refractivity contribution in [3.05, 3.63) is 18.0 Å². The molecular formula is C16H23N3O3S. The Morgan fingerprint density at radius 2 is 2.17 bits per heavy atom. The van der Waals surface area contributed by atoms with Gasteiger partial charge in [-0.15, -0.1) is 0 Å². The lowest BCUT2D eigenvalue weighted by Crippen LogP contribution is -2.40. The molecule has 2 fully saturated rings. The lowest BCUT2D eigenvalue weighted by molar-refractivity contribution is -0.138. The highest BCUT2D eigenvalue weighted by Crippen LogP contribution is 2.32. The van der Waals surface area contributed by atoms with Crippen LogP contribution in [0.1, 0.15) is 37.3 Å². The standard InChI is InChI=1S/C16H23N3O3S/c20-15(11-23-10-12-3-4-12)18-7-1-2-13(8-18)14-5-6-17-19(14)9-16(21)22/h5-6,12-13H,1-4,7-11H2,(H,21,22)/t13-/m0/s1. The molecular weight excluding hydrogens is 314 g/mol. The molecule has 1 atom stereocenters. The van der Waals surface area contributed by atoms with Crippen molar-refractivity contribution in [1.82, 2.24) is 14.7 Å². The van der Waals surface area contributed by atoms with Gasteiger partial charge in [-0.1, -0.05) is 0 Å². The van der Waals surface area contributed by atoms with Gasteiger partial charge in [0.1, 0.15) is 6.54 Å². The van der Waals surface area contributed by atoms with E-state index in [-0.39, 0.29) is 18.4 Å². The predicted octanol–water partition coefficient (Wildman–Crippen LogP) is 1.82. The predicted molar refractivity (Wildman–Crippen MR) is 88.5 cm³/mol. The van der Waals surface area contributed by atoms with Crippen molar-refractivity contribution in [3.63, 3.8) is 0 Å². The monoisotopic (exact) mass is 337 g/mol. The van der Waals surface area contributed by atoms with E-state index >= 15 is 0 Å². The first-order valence-corrected chi connectivity index (χ1v) is 9.38. The normalized spacial score (nSPS) is 21.4. The van der Waals surface area contributed by atoms with Gasteiger partial charge >= 0.3 is 5.97 Å². The average molecular weight is 337 g/mol. The first-order valence-electron chi connectivity index (χ1n) is 8.22. The van der Waals surface area contributed by atoms with Crippen molar-refractivity contribution in [2.24, 2.45) is 5.92 Å². The Morgan fingerprint density at radius 3 is 2.91 bits per heavy atom. The highest BCUT2D eigenvalue weighted by molar-refractivity contribution is 7.99. The quantitative estimate of drug-likeness (QED) is 0.821. The van der Waals surface area contributed by atoms with E-state index in [1.165, 1.54) is 12.8 Å². The fourth-order valence-electron chi connectivity index (χ4n) is 3.08. The molecule has 126 valence electrons. The molecule has 0 radical (unpaired) electrons. The highest BCUT2D eigenvalue weighted by Gasteiger charge is 2.28. The third kappa shape index (κ3) is 4.50. The van der Waals surface area contributed by atoms with E-state index in [0.717, 1.165) is 36.8 Å². The van der Waals surface area contributed by atoms with Crippen LogP contribution in [-0.2, 0) is 16.1 Å². The summed E-state index contributed by atoms with van der Waals surface area (Å²) in [6, 6.07) is 1.88. The van der Waals surface area contributed by atoms with Crippen LogP contribution in [0.25, 0.3) is 0 Å². The Bertz CT molecular complexity index is 571. The molecule has 2 aliphatic rings. The van der Waals surface area contributed by atoms with Crippen LogP contribution in [0.3, 0.4) is 0 Å². The van der Waals surface area contributed by atoms with Crippen molar-refractivity contribution < 1.29 is 14.7 Å². The molecule has 1 N–H and O–H groups in total. The number of carbonyl (C=O) groups is 2. The third-order valence-corrected chi connectivity index (χ3v) is 5.66. The van der Waals surface area contributed by atoms with E-state index in [0.29, 0.717) is 12.3 Å². The number of carbonyl (C=O) groups excluding carboxylic acids is 1. The molecule has 0 bridgehead atoms. The Balaban J connectivity index is 1.55. The molecule has 0 spiro atoms. The van der Waals surface area contributed by atoms with Crippen molar-refractivity contribution in [2.45, 2.75) is 38.1 Å². The molecule has 0 unspecified atom stereocenters. The summed E-state index contributed by atoms with van der Waals surface area (Å²) in [4.78, 5) is 25.2. The summed E-state index contributed by atoms with van der Waals surface area (Å²) < 4.78 is 1.54. The van der Waals surface area contributed by atoms with E-state index in [4.69, 9.17) is 5.11 Å². The van der Waals surface area contributed by atoms with Gasteiger partial charge in [0.2, 0.25) is 5.91 Å². The third-order valence-electron chi connectivity index (χ3n) is 4.50. The minimum atomic E-state index is -0.893. The van der Waals surface area contributed by atoms with Gasteiger partial charge in [-0.25, -0.2) is 0 Å². The molecule has 0 aromatic carbocycles. The van der Waals surface area contributed by atoms with Crippen LogP contribution >= 0.6 is 11.8 Å². The van der Waals surface area contributed by atoms with Gasteiger partial charge in [0.05, 0.1) is 5.75 Å². The van der Waals surface area contributed by atoms with E-state index in [1.807, 2.05) is 11.0 Å². The summed E-state index contributed by atoms with van der Waals surface area (Å²) >= 11 is 1.75. The summed E-state index contributed by atoms with van der Waals surface area (Å²) in [5.74, 6) is 2.02. The summed E-state index contributed by atoms with van der Waals surface area (Å²) in [5.41, 5.74) is 0.926. The van der Waals surface area contributed by atoms with Gasteiger partial charge < -0.3 is 10.0 Å². The van der Waals surface area contributed by atoms with Gasteiger partial charge in [0, 0.05) is 30.9 Å². The van der Waals surface area contributed by atoms with Crippen LogP contribution in [0, 0.1) is 5.92 Å². The Hall–Kier alpha value is -1.50. The first-order chi connectivity index (χ1) is 11.1. The summed E-state index contributed by atoms with van der Waals surface area (Å²) in [7, 11) is 0. The van der Waals surface area contributed by atoms with Crippen molar-refractivity contribution in [2.75, 3.05) is 24.6 Å². The first kappa shape index (κ1) is 16.4. The highest BCUT2D eigenvalue weighted by atomic mass is 32.2. The van der Waals surface area contributed by atoms with Gasteiger partial charge in [-0.3, -0.25) is 14.3 Å². The topological polar surface area (TPSA) is 75.4 Å². The lowest BCUT2D eigenvalue weighted by atomic mass is 9.94. The number of likely N-dealkylation sites (tertiary alicyclic amines) is 1. The van der Waals surface area contributed by atoms with Crippen molar-refractivity contribution >= 4 is 23.6 Å². The Morgan fingerprint density at radius 1 is 1.35 bits per heavy atom. The number of carboxylic acids is 1. The summed E-state index contributed by atoms with van der Waals surface area (Å²) in [6.45, 7) is 1.37. The number of hydrogen-bond acceptors (Lipinski definition) is 4. The van der Waals surface area contributed by atoms with Gasteiger partial charge in [0.15, 0.2) is 0 Å². The molecule has 1 amide bonds. The Labute approximate surface area is 140 Å². The number of piperidine rings is 1. The van der Waals surface area contributed by atoms with E-state index in [2.05, 4.69) is 5.10 Å². The second-order valence-corrected chi connectivity index (χ2v) is 7.48. The van der Waals surface area contributed by atoms with Crippen LogP contribution in [0.5, 0.6) is 0 Å². The number of amides is 1. The van der Waals surface area contributed by atoms with Gasteiger partial charge in [-0.2, -0.15) is 16.9 Å². The number of aromatic nitrogens is 2. The van der Waals surface area contributed by atoms with Crippen LogP contribution in [0.15, 0.2) is 12.3 Å². The molecule has 7 heteroatoms. The zero-order chi connectivity index (χ0) is 16.2. The van der Waals surface area contributed by atoms with Crippen LogP contribution in [0.2, 0.25) is 0 Å². The molecule has 1 saturated heterocycles. The molecule has 1 aromatic rings. The second kappa shape index (κ2) is 7.38. The Kier molecular flexibility index (Phi) is 5.25. The SMILES string of the molecule is O=C(O)Cn1nccc1[C@H]1CCCN(C(=O)CSCC2CC2)C1. The maximum atomic E-state index is 12.4. The summed E-state index contributed by atoms with van der Waals surface area (Å²) in [6.07, 6.45) is 6.22. The summed E-state index contributed by atoms with van der Waals surface area (Å²) in [5, 5.41) is 13.1. The van der Waals surface area contributed by atoms with Crippen LogP contribution in [0.4, 0.5) is 0 Å². The average Bonchev–Trinajstić information content (AvgIpc) is 3.24. The maximum absolute atomic E-state index is 12.4. The molecule has 1 aromatic heterocycles. The largest absolute Gasteiger partial charge is 0.480 e. The van der Waals surface area contributed by atoms with Crippen LogP contribution in [-0.4, -0.2) is 56.3 Å². The lowest BCUT2D eigenvalue weighted by Gasteiger charge is -2.33. The fourth-order valence-corrected chi connectivity index (χ4v) is 4.23. The molecule has 1 saturated carbocycles. The number of rotatable bonds is 7. The minimum absolute atomic E-state index is 0.121. The number of aliphatic carboxylic acids is 1. The second-order valence-electron chi connectivity index (χ2n) is 6.44. The zero-order valence-electron chi connectivity index (χ0n) is 13.2. The van der Waals surface area contributed by atoms with Gasteiger partial charge in [0.25, 0.3) is 0 Å². The number of nitrogens with zero attached hydrogens (tertiary/aromatic N) is 3. The van der Waals surface area contributed by atoms with Crippen molar-refractivity contribution in [1.29, 1.82) is 0 Å². The number of thioether (sulfide) groups is 1. The molecule has 6 nitrogen and oxygen atoms in total. The molecule has 1 aliphatic carbocycles. The molecule has 1 aliphatic heterocycles. The molecule has 2 heterocycles. The smallest absolute Gasteiger partial charge is 0.325 e. The minimum Gasteiger partial charge on any atom is -0.480 e. The van der Waals surface area contributed by atoms with E-state index < -0.39 is 5.97 Å².